The number of hydrogen-bond acceptors (Lipinski definition) is 5. The number of carbonyl (C=O) groups is 1. The number of amidine groups is 1. The molecule has 0 N–H and O–H groups in total. The maximum Gasteiger partial charge on any atom is 0.266 e. The summed E-state index contributed by atoms with van der Waals surface area (Å²) in [6.45, 7) is 4.57. The Kier molecular flexibility index (Phi) is 6.53. The lowest BCUT2D eigenvalue weighted by atomic mass is 10.2. The molecule has 8 heteroatoms. The topological polar surface area (TPSA) is 51.1 Å². The summed E-state index contributed by atoms with van der Waals surface area (Å²) >= 11 is 1.14. The first kappa shape index (κ1) is 20.9. The molecule has 1 heterocycles. The zero-order chi connectivity index (χ0) is 21.0. The minimum atomic E-state index is -0.782. The highest BCUT2D eigenvalue weighted by Gasteiger charge is 2.32. The Morgan fingerprint density at radius 2 is 1.93 bits per heavy atom. The second-order valence-corrected chi connectivity index (χ2v) is 7.00. The normalized spacial score (nSPS) is 16.7. The van der Waals surface area contributed by atoms with Crippen LogP contribution in [0.5, 0.6) is 11.5 Å². The van der Waals surface area contributed by atoms with Crippen LogP contribution in [0.1, 0.15) is 19.4 Å². The molecule has 29 heavy (non-hydrogen) atoms. The van der Waals surface area contributed by atoms with Crippen molar-refractivity contribution in [3.8, 4) is 11.5 Å². The summed E-state index contributed by atoms with van der Waals surface area (Å²) in [7, 11) is 1.55. The van der Waals surface area contributed by atoms with Crippen LogP contribution in [-0.4, -0.2) is 36.2 Å². The highest BCUT2D eigenvalue weighted by molar-refractivity contribution is 8.18. The Bertz CT molecular complexity index is 992. The van der Waals surface area contributed by atoms with Gasteiger partial charge in [-0.1, -0.05) is 6.07 Å². The Balaban J connectivity index is 1.93. The second-order valence-electron chi connectivity index (χ2n) is 5.99. The molecule has 0 spiro atoms. The van der Waals surface area contributed by atoms with Gasteiger partial charge >= 0.3 is 0 Å². The number of nitrogens with zero attached hydrogens (tertiary/aromatic N) is 2. The van der Waals surface area contributed by atoms with Crippen LogP contribution in [0.25, 0.3) is 6.08 Å². The van der Waals surface area contributed by atoms with Crippen LogP contribution in [0.3, 0.4) is 0 Å². The summed E-state index contributed by atoms with van der Waals surface area (Å²) in [4.78, 5) is 18.9. The fraction of sp³-hybridized carbons (Fsp3) is 0.238. The molecule has 1 amide bonds. The van der Waals surface area contributed by atoms with Gasteiger partial charge in [-0.3, -0.25) is 9.69 Å². The van der Waals surface area contributed by atoms with Crippen LogP contribution >= 0.6 is 11.8 Å². The number of aliphatic imine (C=N–C) groups is 1. The standard InChI is InChI=1S/C21H20F2N2O3S/c1-4-25-20(26)19(11-13-6-9-17(28-5-2)18(10-13)27-3)29-21(25)24-16-8-7-14(22)12-15(16)23/h6-12H,4-5H2,1-3H3/b19-11-,24-21?. The largest absolute Gasteiger partial charge is 0.493 e. The smallest absolute Gasteiger partial charge is 0.266 e. The number of carbonyl (C=O) groups excluding carboxylic acids is 1. The van der Waals surface area contributed by atoms with Crippen molar-refractivity contribution < 1.29 is 23.0 Å². The van der Waals surface area contributed by atoms with E-state index >= 15 is 0 Å². The Morgan fingerprint density at radius 1 is 1.14 bits per heavy atom. The predicted molar refractivity (Wildman–Crippen MR) is 111 cm³/mol. The van der Waals surface area contributed by atoms with E-state index in [4.69, 9.17) is 9.47 Å². The molecule has 1 saturated heterocycles. The van der Waals surface area contributed by atoms with Gasteiger partial charge in [-0.05, 0) is 61.5 Å². The van der Waals surface area contributed by atoms with E-state index in [2.05, 4.69) is 4.99 Å². The molecule has 0 bridgehead atoms. The summed E-state index contributed by atoms with van der Waals surface area (Å²) in [5.74, 6) is -0.515. The van der Waals surface area contributed by atoms with E-state index in [0.717, 1.165) is 29.5 Å². The van der Waals surface area contributed by atoms with Gasteiger partial charge in [-0.15, -0.1) is 0 Å². The fourth-order valence-electron chi connectivity index (χ4n) is 2.75. The highest BCUT2D eigenvalue weighted by Crippen LogP contribution is 2.36. The number of amides is 1. The molecular weight excluding hydrogens is 398 g/mol. The molecule has 2 aromatic carbocycles. The first-order valence-corrected chi connectivity index (χ1v) is 9.84. The molecular formula is C21H20F2N2O3S. The molecule has 0 aromatic heterocycles. The van der Waals surface area contributed by atoms with Crippen LogP contribution in [0, 0.1) is 11.6 Å². The minimum Gasteiger partial charge on any atom is -0.493 e. The molecule has 3 rings (SSSR count). The maximum atomic E-state index is 14.0. The molecule has 2 aromatic rings. The van der Waals surface area contributed by atoms with Crippen molar-refractivity contribution in [3.63, 3.8) is 0 Å². The number of methoxy groups -OCH3 is 1. The van der Waals surface area contributed by atoms with Crippen LogP contribution < -0.4 is 9.47 Å². The number of likely N-dealkylation sites (N-methyl/N-ethyl adjacent to an activating group) is 1. The molecule has 1 aliphatic heterocycles. The second kappa shape index (κ2) is 9.09. The first-order chi connectivity index (χ1) is 14.0. The summed E-state index contributed by atoms with van der Waals surface area (Å²) in [5, 5.41) is 0.340. The Hall–Kier alpha value is -2.87. The van der Waals surface area contributed by atoms with Crippen molar-refractivity contribution in [2.24, 2.45) is 4.99 Å². The van der Waals surface area contributed by atoms with Crippen LogP contribution in [0.4, 0.5) is 14.5 Å². The van der Waals surface area contributed by atoms with Crippen molar-refractivity contribution in [1.29, 1.82) is 0 Å². The Labute approximate surface area is 172 Å². The van der Waals surface area contributed by atoms with Gasteiger partial charge in [0, 0.05) is 12.6 Å². The number of ether oxygens (including phenoxy) is 2. The summed E-state index contributed by atoms with van der Waals surface area (Å²) in [6, 6.07) is 8.51. The zero-order valence-electron chi connectivity index (χ0n) is 16.2. The van der Waals surface area contributed by atoms with E-state index in [9.17, 15) is 13.6 Å². The Morgan fingerprint density at radius 3 is 2.59 bits per heavy atom. The quantitative estimate of drug-likeness (QED) is 0.620. The number of hydrogen-bond donors (Lipinski definition) is 0. The third-order valence-corrected chi connectivity index (χ3v) is 5.12. The summed E-state index contributed by atoms with van der Waals surface area (Å²) < 4.78 is 37.9. The summed E-state index contributed by atoms with van der Waals surface area (Å²) in [5.41, 5.74) is 0.732. The van der Waals surface area contributed by atoms with Crippen LogP contribution in [0.15, 0.2) is 46.3 Å². The van der Waals surface area contributed by atoms with Gasteiger partial charge < -0.3 is 9.47 Å². The number of thioether (sulfide) groups is 1. The molecule has 0 atom stereocenters. The van der Waals surface area contributed by atoms with E-state index in [1.54, 1.807) is 32.2 Å². The lowest BCUT2D eigenvalue weighted by Crippen LogP contribution is -2.28. The van der Waals surface area contributed by atoms with Crippen LogP contribution in [0.2, 0.25) is 0 Å². The van der Waals surface area contributed by atoms with Crippen molar-refractivity contribution in [1.82, 2.24) is 4.90 Å². The molecule has 0 aliphatic carbocycles. The predicted octanol–water partition coefficient (Wildman–Crippen LogP) is 5.00. The maximum absolute atomic E-state index is 14.0. The number of benzene rings is 2. The van der Waals surface area contributed by atoms with Crippen molar-refractivity contribution in [3.05, 3.63) is 58.5 Å². The number of rotatable bonds is 6. The van der Waals surface area contributed by atoms with Gasteiger partial charge in [-0.2, -0.15) is 0 Å². The van der Waals surface area contributed by atoms with Gasteiger partial charge in [0.05, 0.1) is 18.6 Å². The van der Waals surface area contributed by atoms with Gasteiger partial charge in [0.25, 0.3) is 5.91 Å². The van der Waals surface area contributed by atoms with E-state index in [0.29, 0.717) is 34.7 Å². The third kappa shape index (κ3) is 4.59. The van der Waals surface area contributed by atoms with Gasteiger partial charge in [0.2, 0.25) is 0 Å². The fourth-order valence-corrected chi connectivity index (χ4v) is 3.80. The molecule has 1 aliphatic rings. The van der Waals surface area contributed by atoms with E-state index in [1.807, 2.05) is 13.0 Å². The molecule has 5 nitrogen and oxygen atoms in total. The van der Waals surface area contributed by atoms with Gasteiger partial charge in [0.1, 0.15) is 11.5 Å². The summed E-state index contributed by atoms with van der Waals surface area (Å²) in [6.07, 6.45) is 1.72. The molecule has 0 radical (unpaired) electrons. The van der Waals surface area contributed by atoms with E-state index in [-0.39, 0.29) is 11.6 Å². The molecule has 0 saturated carbocycles. The SMILES string of the molecule is CCOc1ccc(/C=C2\SC(=Nc3ccc(F)cc3F)N(CC)C2=O)cc1OC. The molecule has 152 valence electrons. The highest BCUT2D eigenvalue weighted by atomic mass is 32.2. The number of halogens is 2. The lowest BCUT2D eigenvalue weighted by molar-refractivity contribution is -0.122. The van der Waals surface area contributed by atoms with Crippen molar-refractivity contribution >= 4 is 34.6 Å². The van der Waals surface area contributed by atoms with Gasteiger partial charge in [-0.25, -0.2) is 13.8 Å². The minimum absolute atomic E-state index is 0.0239. The third-order valence-electron chi connectivity index (χ3n) is 4.12. The van der Waals surface area contributed by atoms with Crippen molar-refractivity contribution in [2.75, 3.05) is 20.3 Å². The monoisotopic (exact) mass is 418 g/mol. The van der Waals surface area contributed by atoms with Gasteiger partial charge in [0.15, 0.2) is 22.5 Å². The van der Waals surface area contributed by atoms with Crippen LogP contribution in [-0.2, 0) is 4.79 Å². The van der Waals surface area contributed by atoms with Crippen molar-refractivity contribution in [2.45, 2.75) is 13.8 Å². The lowest BCUT2D eigenvalue weighted by Gasteiger charge is -2.12. The van der Waals surface area contributed by atoms with E-state index in [1.165, 1.54) is 11.0 Å². The average Bonchev–Trinajstić information content (AvgIpc) is 2.99. The average molecular weight is 418 g/mol. The zero-order valence-corrected chi connectivity index (χ0v) is 17.1. The molecule has 0 unspecified atom stereocenters. The van der Waals surface area contributed by atoms with E-state index < -0.39 is 11.6 Å². The molecule has 1 fully saturated rings. The first-order valence-electron chi connectivity index (χ1n) is 9.02.